The average molecular weight is 267 g/mol. The Labute approximate surface area is 109 Å². The fourth-order valence-electron chi connectivity index (χ4n) is 1.65. The van der Waals surface area contributed by atoms with Crippen molar-refractivity contribution < 1.29 is 9.18 Å². The summed E-state index contributed by atoms with van der Waals surface area (Å²) in [5, 5.41) is 2.93. The molecule has 2 N–H and O–H groups in total. The van der Waals surface area contributed by atoms with E-state index in [1.54, 1.807) is 18.3 Å². The summed E-state index contributed by atoms with van der Waals surface area (Å²) in [4.78, 5) is 14.6. The lowest BCUT2D eigenvalue weighted by molar-refractivity contribution is 0.0945. The second-order valence-corrected chi connectivity index (χ2v) is 4.33. The maximum absolute atomic E-state index is 13.5. The number of carbonyl (C=O) groups is 1. The van der Waals surface area contributed by atoms with Gasteiger partial charge in [-0.1, -0.05) is 17.7 Å². The number of H-pyrrole nitrogens is 1. The second kappa shape index (κ2) is 5.23. The van der Waals surface area contributed by atoms with Crippen LogP contribution in [0.2, 0.25) is 5.02 Å². The number of nitrogens with one attached hydrogen (secondary N) is 2. The SMILES string of the molecule is Cc1cc[nH]c1C(=O)NCc1c(F)cccc1Cl. The van der Waals surface area contributed by atoms with Crippen molar-refractivity contribution in [3.63, 3.8) is 0 Å². The normalized spacial score (nSPS) is 10.4. The molecule has 0 aliphatic carbocycles. The highest BCUT2D eigenvalue weighted by molar-refractivity contribution is 6.31. The maximum atomic E-state index is 13.5. The minimum atomic E-state index is -0.425. The summed E-state index contributed by atoms with van der Waals surface area (Å²) >= 11 is 5.87. The van der Waals surface area contributed by atoms with Crippen LogP contribution in [-0.2, 0) is 6.54 Å². The Kier molecular flexibility index (Phi) is 3.67. The number of hydrogen-bond acceptors (Lipinski definition) is 1. The molecule has 2 rings (SSSR count). The molecule has 94 valence electrons. The van der Waals surface area contributed by atoms with Crippen molar-refractivity contribution in [3.05, 3.63) is 58.1 Å². The van der Waals surface area contributed by atoms with Gasteiger partial charge in [0.15, 0.2) is 0 Å². The first-order valence-electron chi connectivity index (χ1n) is 5.44. The van der Waals surface area contributed by atoms with Crippen LogP contribution >= 0.6 is 11.6 Å². The fourth-order valence-corrected chi connectivity index (χ4v) is 1.88. The summed E-state index contributed by atoms with van der Waals surface area (Å²) in [6.45, 7) is 1.88. The summed E-state index contributed by atoms with van der Waals surface area (Å²) in [7, 11) is 0. The van der Waals surface area contributed by atoms with Crippen molar-refractivity contribution in [1.82, 2.24) is 10.3 Å². The number of benzene rings is 1. The van der Waals surface area contributed by atoms with Crippen molar-refractivity contribution >= 4 is 17.5 Å². The van der Waals surface area contributed by atoms with Crippen LogP contribution in [0, 0.1) is 12.7 Å². The first kappa shape index (κ1) is 12.6. The third-order valence-corrected chi connectivity index (χ3v) is 3.02. The first-order valence-corrected chi connectivity index (χ1v) is 5.82. The van der Waals surface area contributed by atoms with E-state index in [4.69, 9.17) is 11.6 Å². The van der Waals surface area contributed by atoms with E-state index in [-0.39, 0.29) is 18.0 Å². The van der Waals surface area contributed by atoms with E-state index in [1.165, 1.54) is 12.1 Å². The van der Waals surface area contributed by atoms with Gasteiger partial charge < -0.3 is 10.3 Å². The molecule has 1 aromatic heterocycles. The molecule has 1 heterocycles. The van der Waals surface area contributed by atoms with Crippen LogP contribution < -0.4 is 5.32 Å². The van der Waals surface area contributed by atoms with Gasteiger partial charge in [-0.25, -0.2) is 4.39 Å². The summed E-state index contributed by atoms with van der Waals surface area (Å²) in [5.41, 5.74) is 1.60. The Morgan fingerprint density at radius 2 is 2.22 bits per heavy atom. The van der Waals surface area contributed by atoms with Gasteiger partial charge in [0.05, 0.1) is 0 Å². The third-order valence-electron chi connectivity index (χ3n) is 2.67. The Morgan fingerprint density at radius 3 is 2.83 bits per heavy atom. The number of halogens is 2. The summed E-state index contributed by atoms with van der Waals surface area (Å²) in [5.74, 6) is -0.706. The molecule has 0 aliphatic heterocycles. The van der Waals surface area contributed by atoms with Crippen molar-refractivity contribution in [1.29, 1.82) is 0 Å². The van der Waals surface area contributed by atoms with Gasteiger partial charge in [-0.3, -0.25) is 4.79 Å². The van der Waals surface area contributed by atoms with Gasteiger partial charge >= 0.3 is 0 Å². The van der Waals surface area contributed by atoms with Crippen molar-refractivity contribution in [3.8, 4) is 0 Å². The lowest BCUT2D eigenvalue weighted by Gasteiger charge is -2.07. The number of rotatable bonds is 3. The molecule has 2 aromatic rings. The topological polar surface area (TPSA) is 44.9 Å². The predicted molar refractivity (Wildman–Crippen MR) is 68.1 cm³/mol. The van der Waals surface area contributed by atoms with Gasteiger partial charge in [-0.05, 0) is 30.7 Å². The monoisotopic (exact) mass is 266 g/mol. The Balaban J connectivity index is 2.09. The van der Waals surface area contributed by atoms with Crippen LogP contribution in [0.15, 0.2) is 30.5 Å². The van der Waals surface area contributed by atoms with Crippen LogP contribution in [0.1, 0.15) is 21.6 Å². The Bertz CT molecular complexity index is 560. The zero-order valence-electron chi connectivity index (χ0n) is 9.76. The van der Waals surface area contributed by atoms with E-state index in [9.17, 15) is 9.18 Å². The quantitative estimate of drug-likeness (QED) is 0.881. The van der Waals surface area contributed by atoms with Crippen molar-refractivity contribution in [2.45, 2.75) is 13.5 Å². The predicted octanol–water partition coefficient (Wildman–Crippen LogP) is 3.05. The second-order valence-electron chi connectivity index (χ2n) is 3.92. The van der Waals surface area contributed by atoms with Gasteiger partial charge in [0, 0.05) is 23.3 Å². The highest BCUT2D eigenvalue weighted by atomic mass is 35.5. The fraction of sp³-hybridized carbons (Fsp3) is 0.154. The molecule has 0 radical (unpaired) electrons. The van der Waals surface area contributed by atoms with Gasteiger partial charge in [0.2, 0.25) is 0 Å². The summed E-state index contributed by atoms with van der Waals surface area (Å²) in [6, 6.07) is 6.22. The molecular weight excluding hydrogens is 255 g/mol. The van der Waals surface area contributed by atoms with Gasteiger partial charge in [0.1, 0.15) is 11.5 Å². The number of hydrogen-bond donors (Lipinski definition) is 2. The first-order chi connectivity index (χ1) is 8.59. The number of carbonyl (C=O) groups excluding carboxylic acids is 1. The summed E-state index contributed by atoms with van der Waals surface area (Å²) < 4.78 is 13.5. The zero-order valence-corrected chi connectivity index (χ0v) is 10.5. The summed E-state index contributed by atoms with van der Waals surface area (Å²) in [6.07, 6.45) is 1.68. The highest BCUT2D eigenvalue weighted by Gasteiger charge is 2.12. The molecule has 3 nitrogen and oxygen atoms in total. The molecule has 1 aromatic carbocycles. The molecule has 0 aliphatic rings. The Hall–Kier alpha value is -1.81. The molecule has 0 bridgehead atoms. The van der Waals surface area contributed by atoms with Gasteiger partial charge in [-0.2, -0.15) is 0 Å². The van der Waals surface area contributed by atoms with E-state index in [1.807, 2.05) is 6.92 Å². The number of amides is 1. The smallest absolute Gasteiger partial charge is 0.268 e. The molecule has 0 spiro atoms. The highest BCUT2D eigenvalue weighted by Crippen LogP contribution is 2.18. The Morgan fingerprint density at radius 1 is 1.44 bits per heavy atom. The van der Waals surface area contributed by atoms with Crippen LogP contribution in [0.25, 0.3) is 0 Å². The van der Waals surface area contributed by atoms with Crippen LogP contribution in [0.3, 0.4) is 0 Å². The lowest BCUT2D eigenvalue weighted by Crippen LogP contribution is -2.24. The molecule has 0 saturated carbocycles. The molecule has 18 heavy (non-hydrogen) atoms. The molecular formula is C13H12ClFN2O. The van der Waals surface area contributed by atoms with E-state index < -0.39 is 5.82 Å². The van der Waals surface area contributed by atoms with E-state index in [0.29, 0.717) is 10.7 Å². The number of aromatic amines is 1. The van der Waals surface area contributed by atoms with E-state index >= 15 is 0 Å². The van der Waals surface area contributed by atoms with Crippen LogP contribution in [0.4, 0.5) is 4.39 Å². The lowest BCUT2D eigenvalue weighted by atomic mass is 10.2. The standard InChI is InChI=1S/C13H12ClFN2O/c1-8-5-6-16-12(8)13(18)17-7-9-10(14)3-2-4-11(9)15/h2-6,16H,7H2,1H3,(H,17,18). The molecule has 1 amide bonds. The van der Waals surface area contributed by atoms with E-state index in [0.717, 1.165) is 5.56 Å². The average Bonchev–Trinajstić information content (AvgIpc) is 2.74. The van der Waals surface area contributed by atoms with Crippen molar-refractivity contribution in [2.75, 3.05) is 0 Å². The van der Waals surface area contributed by atoms with Crippen LogP contribution in [0.5, 0.6) is 0 Å². The van der Waals surface area contributed by atoms with Crippen LogP contribution in [-0.4, -0.2) is 10.9 Å². The maximum Gasteiger partial charge on any atom is 0.268 e. The van der Waals surface area contributed by atoms with Gasteiger partial charge in [0.25, 0.3) is 5.91 Å². The minimum absolute atomic E-state index is 0.0583. The van der Waals surface area contributed by atoms with Crippen molar-refractivity contribution in [2.24, 2.45) is 0 Å². The molecule has 5 heteroatoms. The molecule has 0 saturated heterocycles. The molecule has 0 unspecified atom stereocenters. The van der Waals surface area contributed by atoms with Gasteiger partial charge in [-0.15, -0.1) is 0 Å². The van der Waals surface area contributed by atoms with E-state index in [2.05, 4.69) is 10.3 Å². The largest absolute Gasteiger partial charge is 0.357 e. The molecule has 0 fully saturated rings. The number of aromatic nitrogens is 1. The molecule has 0 atom stereocenters. The number of aryl methyl sites for hydroxylation is 1. The minimum Gasteiger partial charge on any atom is -0.357 e. The third kappa shape index (κ3) is 2.54. The zero-order chi connectivity index (χ0) is 13.1.